The highest BCUT2D eigenvalue weighted by Crippen LogP contribution is 2.30. The number of nitrogens with two attached hydrogens (primary N) is 1. The van der Waals surface area contributed by atoms with E-state index >= 15 is 0 Å². The second-order valence-electron chi connectivity index (χ2n) is 5.01. The van der Waals surface area contributed by atoms with Crippen LogP contribution in [0.25, 0.3) is 0 Å². The molecule has 1 aromatic heterocycles. The summed E-state index contributed by atoms with van der Waals surface area (Å²) in [7, 11) is 0. The Morgan fingerprint density at radius 3 is 3.00 bits per heavy atom. The third-order valence-electron chi connectivity index (χ3n) is 3.37. The first-order valence-electron chi connectivity index (χ1n) is 6.68. The van der Waals surface area contributed by atoms with Crippen LogP contribution in [0.5, 0.6) is 0 Å². The number of nitrogens with zero attached hydrogens (tertiary/aromatic N) is 2. The number of rotatable bonds is 4. The lowest BCUT2D eigenvalue weighted by Crippen LogP contribution is -2.34. The number of piperidine rings is 1. The van der Waals surface area contributed by atoms with Gasteiger partial charge in [0.1, 0.15) is 0 Å². The third kappa shape index (κ3) is 2.99. The molecule has 4 heteroatoms. The Morgan fingerprint density at radius 1 is 1.53 bits per heavy atom. The molecule has 0 bridgehead atoms. The van der Waals surface area contributed by atoms with Crippen LogP contribution in [0.1, 0.15) is 43.7 Å². The van der Waals surface area contributed by atoms with Crippen molar-refractivity contribution in [1.29, 1.82) is 0 Å². The van der Waals surface area contributed by atoms with Gasteiger partial charge in [0.05, 0.1) is 5.69 Å². The van der Waals surface area contributed by atoms with E-state index in [4.69, 9.17) is 10.7 Å². The first-order chi connectivity index (χ1) is 8.24. The monoisotopic (exact) mass is 253 g/mol. The lowest BCUT2D eigenvalue weighted by atomic mass is 10.0. The molecule has 1 fully saturated rings. The zero-order valence-corrected chi connectivity index (χ0v) is 11.7. The predicted octanol–water partition coefficient (Wildman–Crippen LogP) is 2.79. The molecular formula is C13H23N3S. The molecule has 1 aliphatic heterocycles. The summed E-state index contributed by atoms with van der Waals surface area (Å²) < 4.78 is 0. The van der Waals surface area contributed by atoms with E-state index in [0.29, 0.717) is 6.54 Å². The highest BCUT2D eigenvalue weighted by molar-refractivity contribution is 7.15. The van der Waals surface area contributed by atoms with Crippen molar-refractivity contribution >= 4 is 16.5 Å². The Hall–Kier alpha value is -0.610. The number of hydrogen-bond donors (Lipinski definition) is 1. The van der Waals surface area contributed by atoms with E-state index in [0.717, 1.165) is 31.8 Å². The largest absolute Gasteiger partial charge is 0.348 e. The van der Waals surface area contributed by atoms with Crippen molar-refractivity contribution in [3.8, 4) is 0 Å². The van der Waals surface area contributed by atoms with Gasteiger partial charge in [-0.1, -0.05) is 20.3 Å². The highest BCUT2D eigenvalue weighted by Gasteiger charge is 2.20. The average Bonchev–Trinajstić information content (AvgIpc) is 2.73. The second-order valence-corrected chi connectivity index (χ2v) is 6.08. The first-order valence-corrected chi connectivity index (χ1v) is 7.49. The molecule has 0 aromatic carbocycles. The van der Waals surface area contributed by atoms with Crippen molar-refractivity contribution in [2.75, 3.05) is 18.0 Å². The van der Waals surface area contributed by atoms with E-state index in [2.05, 4.69) is 18.7 Å². The minimum atomic E-state index is 0.635. The Labute approximate surface area is 108 Å². The normalized spacial score (nSPS) is 20.9. The van der Waals surface area contributed by atoms with Crippen LogP contribution in [-0.4, -0.2) is 18.1 Å². The summed E-state index contributed by atoms with van der Waals surface area (Å²) in [4.78, 5) is 8.51. The van der Waals surface area contributed by atoms with Crippen LogP contribution in [0.15, 0.2) is 0 Å². The molecule has 0 radical (unpaired) electrons. The minimum absolute atomic E-state index is 0.635. The van der Waals surface area contributed by atoms with E-state index in [-0.39, 0.29) is 0 Å². The topological polar surface area (TPSA) is 42.2 Å². The van der Waals surface area contributed by atoms with E-state index in [9.17, 15) is 0 Å². The van der Waals surface area contributed by atoms with Gasteiger partial charge in [0, 0.05) is 24.5 Å². The lowest BCUT2D eigenvalue weighted by Gasteiger charge is -2.30. The molecule has 1 atom stereocenters. The van der Waals surface area contributed by atoms with Crippen molar-refractivity contribution in [3.05, 3.63) is 10.6 Å². The van der Waals surface area contributed by atoms with Gasteiger partial charge in [0.2, 0.25) is 0 Å². The molecule has 2 N–H and O–H groups in total. The Morgan fingerprint density at radius 2 is 2.35 bits per heavy atom. The molecule has 0 amide bonds. The molecule has 1 aromatic rings. The summed E-state index contributed by atoms with van der Waals surface area (Å²) >= 11 is 1.80. The molecule has 1 aliphatic rings. The standard InChI is InChI=1S/C13H23N3S/c1-3-5-11-12(8-14)17-13(15-11)16-7-4-6-10(2)9-16/h10H,3-9,14H2,1-2H3. The smallest absolute Gasteiger partial charge is 0.185 e. The van der Waals surface area contributed by atoms with Gasteiger partial charge in [-0.2, -0.15) is 0 Å². The molecule has 1 unspecified atom stereocenters. The number of anilines is 1. The third-order valence-corrected chi connectivity index (χ3v) is 4.55. The molecule has 0 saturated carbocycles. The molecule has 1 saturated heterocycles. The summed E-state index contributed by atoms with van der Waals surface area (Å²) in [5.41, 5.74) is 7.03. The summed E-state index contributed by atoms with van der Waals surface area (Å²) in [6.45, 7) is 7.48. The summed E-state index contributed by atoms with van der Waals surface area (Å²) in [5.74, 6) is 0.795. The van der Waals surface area contributed by atoms with Crippen molar-refractivity contribution in [3.63, 3.8) is 0 Å². The van der Waals surface area contributed by atoms with Crippen LogP contribution in [0.3, 0.4) is 0 Å². The van der Waals surface area contributed by atoms with Crippen LogP contribution in [0.2, 0.25) is 0 Å². The molecule has 2 heterocycles. The lowest BCUT2D eigenvalue weighted by molar-refractivity contribution is 0.446. The van der Waals surface area contributed by atoms with Gasteiger partial charge < -0.3 is 10.6 Å². The zero-order chi connectivity index (χ0) is 12.3. The van der Waals surface area contributed by atoms with Gasteiger partial charge in [0.15, 0.2) is 5.13 Å². The SMILES string of the molecule is CCCc1nc(N2CCCC(C)C2)sc1CN. The Balaban J connectivity index is 2.14. The van der Waals surface area contributed by atoms with Gasteiger partial charge in [0.25, 0.3) is 0 Å². The van der Waals surface area contributed by atoms with Crippen LogP contribution in [0, 0.1) is 5.92 Å². The molecule has 96 valence electrons. The number of thiazole rings is 1. The van der Waals surface area contributed by atoms with Gasteiger partial charge in [-0.25, -0.2) is 4.98 Å². The molecular weight excluding hydrogens is 230 g/mol. The van der Waals surface area contributed by atoms with Crippen LogP contribution in [-0.2, 0) is 13.0 Å². The first kappa shape index (κ1) is 12.8. The number of hydrogen-bond acceptors (Lipinski definition) is 4. The van der Waals surface area contributed by atoms with Gasteiger partial charge >= 0.3 is 0 Å². The van der Waals surface area contributed by atoms with Crippen LogP contribution < -0.4 is 10.6 Å². The van der Waals surface area contributed by atoms with Crippen LogP contribution >= 0.6 is 11.3 Å². The maximum Gasteiger partial charge on any atom is 0.185 e. The fourth-order valence-electron chi connectivity index (χ4n) is 2.46. The summed E-state index contributed by atoms with van der Waals surface area (Å²) in [6, 6.07) is 0. The highest BCUT2D eigenvalue weighted by atomic mass is 32.1. The average molecular weight is 253 g/mol. The predicted molar refractivity (Wildman–Crippen MR) is 74.6 cm³/mol. The van der Waals surface area contributed by atoms with E-state index in [1.165, 1.54) is 28.5 Å². The van der Waals surface area contributed by atoms with Gasteiger partial charge in [-0.15, -0.1) is 11.3 Å². The fraction of sp³-hybridized carbons (Fsp3) is 0.769. The van der Waals surface area contributed by atoms with E-state index in [1.807, 2.05) is 0 Å². The van der Waals surface area contributed by atoms with Crippen molar-refractivity contribution < 1.29 is 0 Å². The van der Waals surface area contributed by atoms with Gasteiger partial charge in [-0.05, 0) is 25.2 Å². The van der Waals surface area contributed by atoms with Crippen LogP contribution in [0.4, 0.5) is 5.13 Å². The van der Waals surface area contributed by atoms with Crippen molar-refractivity contribution in [1.82, 2.24) is 4.98 Å². The second kappa shape index (κ2) is 5.83. The Bertz CT molecular complexity index is 362. The molecule has 3 nitrogen and oxygen atoms in total. The quantitative estimate of drug-likeness (QED) is 0.897. The minimum Gasteiger partial charge on any atom is -0.348 e. The molecule has 17 heavy (non-hydrogen) atoms. The van der Waals surface area contributed by atoms with Gasteiger partial charge in [-0.3, -0.25) is 0 Å². The zero-order valence-electron chi connectivity index (χ0n) is 10.9. The summed E-state index contributed by atoms with van der Waals surface area (Å²) in [6.07, 6.45) is 4.86. The maximum absolute atomic E-state index is 5.80. The Kier molecular flexibility index (Phi) is 4.40. The van der Waals surface area contributed by atoms with Crippen molar-refractivity contribution in [2.24, 2.45) is 11.7 Å². The fourth-order valence-corrected chi connectivity index (χ4v) is 3.48. The van der Waals surface area contributed by atoms with E-state index < -0.39 is 0 Å². The molecule has 0 aliphatic carbocycles. The molecule has 0 spiro atoms. The molecule has 2 rings (SSSR count). The van der Waals surface area contributed by atoms with Crippen molar-refractivity contribution in [2.45, 2.75) is 46.1 Å². The summed E-state index contributed by atoms with van der Waals surface area (Å²) in [5, 5.41) is 1.19. The maximum atomic E-state index is 5.80. The number of aromatic nitrogens is 1. The van der Waals surface area contributed by atoms with E-state index in [1.54, 1.807) is 11.3 Å². The number of aryl methyl sites for hydroxylation is 1.